The van der Waals surface area contributed by atoms with Crippen molar-refractivity contribution in [1.82, 2.24) is 15.1 Å². The Morgan fingerprint density at radius 3 is 2.90 bits per heavy atom. The Morgan fingerprint density at radius 1 is 1.10 bits per heavy atom. The molecular weight excluding hydrogens is 262 g/mol. The highest BCUT2D eigenvalue weighted by atomic mass is 16.5. The highest BCUT2D eigenvalue weighted by Crippen LogP contribution is 2.31. The summed E-state index contributed by atoms with van der Waals surface area (Å²) in [5, 5.41) is 3.85. The summed E-state index contributed by atoms with van der Waals surface area (Å²) in [6, 6.07) is 0.731. The van der Waals surface area contributed by atoms with Crippen LogP contribution >= 0.6 is 0 Å². The van der Waals surface area contributed by atoms with Crippen LogP contribution in [-0.4, -0.2) is 73.4 Å². The van der Waals surface area contributed by atoms with Gasteiger partial charge in [0.05, 0.1) is 12.7 Å². The number of hydrogen-bond donors (Lipinski definition) is 1. The van der Waals surface area contributed by atoms with Crippen LogP contribution < -0.4 is 5.32 Å². The van der Waals surface area contributed by atoms with E-state index in [1.54, 1.807) is 0 Å². The zero-order valence-electron chi connectivity index (χ0n) is 13.4. The van der Waals surface area contributed by atoms with E-state index >= 15 is 0 Å². The highest BCUT2D eigenvalue weighted by Gasteiger charge is 2.38. The molecular formula is C17H31N3O. The van der Waals surface area contributed by atoms with Crippen molar-refractivity contribution in [2.45, 2.75) is 62.6 Å². The highest BCUT2D eigenvalue weighted by molar-refractivity contribution is 4.97. The predicted molar refractivity (Wildman–Crippen MR) is 84.6 cm³/mol. The Labute approximate surface area is 129 Å². The van der Waals surface area contributed by atoms with E-state index in [9.17, 15) is 0 Å². The molecule has 1 N–H and O–H groups in total. The van der Waals surface area contributed by atoms with Crippen molar-refractivity contribution in [2.24, 2.45) is 0 Å². The van der Waals surface area contributed by atoms with E-state index in [4.69, 9.17) is 4.74 Å². The van der Waals surface area contributed by atoms with Crippen LogP contribution in [0.25, 0.3) is 0 Å². The average molecular weight is 293 g/mol. The SMILES string of the molecule is C1CCC2(CC1)CN(CC1CN3CCCC3CO1)CCN2. The Bertz CT molecular complexity index is 350. The summed E-state index contributed by atoms with van der Waals surface area (Å²) >= 11 is 0. The standard InChI is InChI=1S/C17H31N3O/c1-2-6-17(7-3-1)14-19(10-8-18-17)11-16-12-20-9-4-5-15(20)13-21-16/h15-16,18H,1-14H2. The molecule has 4 heteroatoms. The van der Waals surface area contributed by atoms with Gasteiger partial charge in [-0.15, -0.1) is 0 Å². The summed E-state index contributed by atoms with van der Waals surface area (Å²) < 4.78 is 6.17. The summed E-state index contributed by atoms with van der Waals surface area (Å²) in [6.07, 6.45) is 10.2. The van der Waals surface area contributed by atoms with Gasteiger partial charge in [0.2, 0.25) is 0 Å². The van der Waals surface area contributed by atoms with Crippen LogP contribution in [0.2, 0.25) is 0 Å². The molecule has 2 atom stereocenters. The molecule has 4 nitrogen and oxygen atoms in total. The lowest BCUT2D eigenvalue weighted by Gasteiger charge is -2.47. The summed E-state index contributed by atoms with van der Waals surface area (Å²) in [4.78, 5) is 5.36. The summed E-state index contributed by atoms with van der Waals surface area (Å²) in [7, 11) is 0. The van der Waals surface area contributed by atoms with Crippen LogP contribution in [0.4, 0.5) is 0 Å². The Balaban J connectivity index is 1.32. The molecule has 120 valence electrons. The van der Waals surface area contributed by atoms with Crippen molar-refractivity contribution >= 4 is 0 Å². The third-order valence-corrected chi connectivity index (χ3v) is 6.19. The van der Waals surface area contributed by atoms with E-state index in [2.05, 4.69) is 15.1 Å². The number of fused-ring (bicyclic) bond motifs is 1. The third kappa shape index (κ3) is 3.14. The van der Waals surface area contributed by atoms with Crippen LogP contribution in [-0.2, 0) is 4.74 Å². The second kappa shape index (κ2) is 6.15. The Hall–Kier alpha value is -0.160. The molecule has 0 bridgehead atoms. The predicted octanol–water partition coefficient (Wildman–Crippen LogP) is 1.46. The lowest BCUT2D eigenvalue weighted by Crippen LogP contribution is -2.62. The van der Waals surface area contributed by atoms with Gasteiger partial charge in [-0.3, -0.25) is 9.80 Å². The number of hydrogen-bond acceptors (Lipinski definition) is 4. The van der Waals surface area contributed by atoms with Gasteiger partial charge in [-0.25, -0.2) is 0 Å². The molecule has 0 radical (unpaired) electrons. The fraction of sp³-hybridized carbons (Fsp3) is 1.00. The summed E-state index contributed by atoms with van der Waals surface area (Å²) in [5.41, 5.74) is 0.432. The van der Waals surface area contributed by atoms with E-state index < -0.39 is 0 Å². The van der Waals surface area contributed by atoms with Crippen LogP contribution in [0.5, 0.6) is 0 Å². The first-order valence-electron chi connectivity index (χ1n) is 9.16. The van der Waals surface area contributed by atoms with E-state index in [-0.39, 0.29) is 0 Å². The van der Waals surface area contributed by atoms with Crippen molar-refractivity contribution in [3.63, 3.8) is 0 Å². The lowest BCUT2D eigenvalue weighted by atomic mass is 9.80. The van der Waals surface area contributed by atoms with E-state index in [1.165, 1.54) is 77.7 Å². The van der Waals surface area contributed by atoms with Crippen LogP contribution in [0, 0.1) is 0 Å². The molecule has 0 aromatic rings. The summed E-state index contributed by atoms with van der Waals surface area (Å²) in [6.45, 7) is 8.20. The molecule has 3 saturated heterocycles. The summed E-state index contributed by atoms with van der Waals surface area (Å²) in [5.74, 6) is 0. The molecule has 1 spiro atoms. The van der Waals surface area contributed by atoms with Crippen molar-refractivity contribution in [2.75, 3.05) is 45.9 Å². The fourth-order valence-electron chi connectivity index (χ4n) is 5.05. The molecule has 4 rings (SSSR count). The number of piperazine rings is 1. The van der Waals surface area contributed by atoms with Crippen molar-refractivity contribution in [3.05, 3.63) is 0 Å². The molecule has 1 saturated carbocycles. The van der Waals surface area contributed by atoms with Gasteiger partial charge in [0.15, 0.2) is 0 Å². The minimum absolute atomic E-state index is 0.432. The first kappa shape index (κ1) is 14.4. The number of morpholine rings is 1. The number of nitrogens with zero attached hydrogens (tertiary/aromatic N) is 2. The normalized spacial score (nSPS) is 37.7. The van der Waals surface area contributed by atoms with E-state index in [0.717, 1.165) is 19.2 Å². The van der Waals surface area contributed by atoms with Gasteiger partial charge in [0.25, 0.3) is 0 Å². The maximum Gasteiger partial charge on any atom is 0.0829 e. The fourth-order valence-corrected chi connectivity index (χ4v) is 5.05. The topological polar surface area (TPSA) is 27.7 Å². The minimum atomic E-state index is 0.432. The average Bonchev–Trinajstić information content (AvgIpc) is 2.96. The Kier molecular flexibility index (Phi) is 4.23. The second-order valence-electron chi connectivity index (χ2n) is 7.75. The molecule has 0 aromatic carbocycles. The smallest absolute Gasteiger partial charge is 0.0829 e. The maximum absolute atomic E-state index is 6.17. The van der Waals surface area contributed by atoms with Crippen molar-refractivity contribution in [1.29, 1.82) is 0 Å². The first-order valence-corrected chi connectivity index (χ1v) is 9.16. The zero-order valence-corrected chi connectivity index (χ0v) is 13.4. The van der Waals surface area contributed by atoms with Gasteiger partial charge in [0, 0.05) is 44.3 Å². The van der Waals surface area contributed by atoms with E-state index in [0.29, 0.717) is 11.6 Å². The third-order valence-electron chi connectivity index (χ3n) is 6.19. The van der Waals surface area contributed by atoms with Gasteiger partial charge in [-0.2, -0.15) is 0 Å². The molecule has 3 heterocycles. The zero-order chi connectivity index (χ0) is 14.1. The second-order valence-corrected chi connectivity index (χ2v) is 7.75. The van der Waals surface area contributed by atoms with Crippen LogP contribution in [0.1, 0.15) is 44.9 Å². The number of rotatable bonds is 2. The molecule has 21 heavy (non-hydrogen) atoms. The number of nitrogens with one attached hydrogen (secondary N) is 1. The van der Waals surface area contributed by atoms with Crippen molar-refractivity contribution in [3.8, 4) is 0 Å². The monoisotopic (exact) mass is 293 g/mol. The van der Waals surface area contributed by atoms with Gasteiger partial charge in [-0.1, -0.05) is 19.3 Å². The molecule has 0 amide bonds. The Morgan fingerprint density at radius 2 is 2.00 bits per heavy atom. The first-order chi connectivity index (χ1) is 10.3. The quantitative estimate of drug-likeness (QED) is 0.834. The molecule has 0 aromatic heterocycles. The molecule has 1 aliphatic carbocycles. The van der Waals surface area contributed by atoms with Crippen LogP contribution in [0.15, 0.2) is 0 Å². The largest absolute Gasteiger partial charge is 0.374 e. The minimum Gasteiger partial charge on any atom is -0.374 e. The number of ether oxygens (including phenoxy) is 1. The maximum atomic E-state index is 6.17. The molecule has 4 fully saturated rings. The molecule has 2 unspecified atom stereocenters. The van der Waals surface area contributed by atoms with Gasteiger partial charge in [-0.05, 0) is 32.2 Å². The van der Waals surface area contributed by atoms with Gasteiger partial charge >= 0.3 is 0 Å². The molecule has 4 aliphatic rings. The molecule has 3 aliphatic heterocycles. The van der Waals surface area contributed by atoms with Gasteiger partial charge in [0.1, 0.15) is 0 Å². The van der Waals surface area contributed by atoms with E-state index in [1.807, 2.05) is 0 Å². The van der Waals surface area contributed by atoms with Gasteiger partial charge < -0.3 is 10.1 Å². The van der Waals surface area contributed by atoms with Crippen LogP contribution in [0.3, 0.4) is 0 Å². The lowest BCUT2D eigenvalue weighted by molar-refractivity contribution is -0.0670. The van der Waals surface area contributed by atoms with Crippen molar-refractivity contribution < 1.29 is 4.74 Å².